The normalized spacial score (nSPS) is 14.4. The lowest BCUT2D eigenvalue weighted by Crippen LogP contribution is -2.30. The van der Waals surface area contributed by atoms with Crippen LogP contribution < -0.4 is 16.0 Å². The highest BCUT2D eigenvalue weighted by Gasteiger charge is 2.34. The van der Waals surface area contributed by atoms with Crippen LogP contribution in [0.5, 0.6) is 0 Å². The SMILES string of the molecule is COC(=O)c1c(NC(=O)CSc2cccc(NC(=O)/C(=C/c3cccnc3)NC(=O)c3ccccc3)c2)sc2c1CCC(C(C)(C)C)C2. The van der Waals surface area contributed by atoms with E-state index >= 15 is 0 Å². The summed E-state index contributed by atoms with van der Waals surface area (Å²) < 4.78 is 5.09. The number of hydrogen-bond donors (Lipinski definition) is 3. The zero-order valence-electron chi connectivity index (χ0n) is 27.3. The maximum absolute atomic E-state index is 13.4. The molecular formula is C37H38N4O5S2. The van der Waals surface area contributed by atoms with Gasteiger partial charge in [-0.05, 0) is 84.2 Å². The van der Waals surface area contributed by atoms with Crippen LogP contribution >= 0.6 is 23.1 Å². The van der Waals surface area contributed by atoms with E-state index < -0.39 is 17.8 Å². The second kappa shape index (κ2) is 15.4. The number of hydrogen-bond acceptors (Lipinski definition) is 8. The van der Waals surface area contributed by atoms with Crippen molar-refractivity contribution in [2.45, 2.75) is 44.9 Å². The van der Waals surface area contributed by atoms with Crippen molar-refractivity contribution in [2.24, 2.45) is 11.3 Å². The van der Waals surface area contributed by atoms with Gasteiger partial charge in [0.15, 0.2) is 0 Å². The van der Waals surface area contributed by atoms with Gasteiger partial charge in [0.1, 0.15) is 10.7 Å². The van der Waals surface area contributed by atoms with Crippen LogP contribution in [-0.2, 0) is 27.2 Å². The highest BCUT2D eigenvalue weighted by Crippen LogP contribution is 2.44. The number of aromatic nitrogens is 1. The molecule has 9 nitrogen and oxygen atoms in total. The monoisotopic (exact) mass is 682 g/mol. The highest BCUT2D eigenvalue weighted by atomic mass is 32.2. The molecule has 4 aromatic rings. The molecule has 0 saturated heterocycles. The van der Waals surface area contributed by atoms with Gasteiger partial charge in [0.05, 0.1) is 18.4 Å². The molecule has 0 aliphatic heterocycles. The van der Waals surface area contributed by atoms with E-state index in [0.29, 0.717) is 33.3 Å². The molecule has 0 radical (unpaired) electrons. The Kier molecular flexibility index (Phi) is 11.1. The number of carbonyl (C=O) groups is 4. The van der Waals surface area contributed by atoms with Crippen LogP contribution in [0.15, 0.2) is 89.7 Å². The number of nitrogens with one attached hydrogen (secondary N) is 3. The standard InChI is InChI=1S/C37H38N4O5S2/c1-37(2,3)25-15-16-28-30(19-25)48-35(32(28)36(45)46-4)41-31(42)22-47-27-14-8-13-26(20-27)39-34(44)29(18-23-10-9-17-38-21-23)40-33(43)24-11-6-5-7-12-24/h5-14,17-18,20-21,25H,15-16,19,22H2,1-4H3,(H,39,44)(H,40,43)(H,41,42)/b29-18-. The summed E-state index contributed by atoms with van der Waals surface area (Å²) in [6, 6.07) is 19.2. The Labute approximate surface area is 288 Å². The smallest absolute Gasteiger partial charge is 0.341 e. The number of esters is 1. The molecule has 5 rings (SSSR count). The van der Waals surface area contributed by atoms with Crippen molar-refractivity contribution in [3.8, 4) is 0 Å². The van der Waals surface area contributed by atoms with Gasteiger partial charge in [0.25, 0.3) is 11.8 Å². The van der Waals surface area contributed by atoms with E-state index in [9.17, 15) is 19.2 Å². The number of carbonyl (C=O) groups excluding carboxylic acids is 4. The third-order valence-electron chi connectivity index (χ3n) is 8.12. The molecule has 0 fully saturated rings. The van der Waals surface area contributed by atoms with Gasteiger partial charge in [0, 0.05) is 33.4 Å². The quantitative estimate of drug-likeness (QED) is 0.0916. The Morgan fingerprint density at radius 1 is 1.02 bits per heavy atom. The van der Waals surface area contributed by atoms with Gasteiger partial charge in [-0.25, -0.2) is 4.79 Å². The molecule has 2 aromatic heterocycles. The van der Waals surface area contributed by atoms with E-state index in [1.54, 1.807) is 79.1 Å². The fourth-order valence-electron chi connectivity index (χ4n) is 5.48. The molecule has 0 spiro atoms. The van der Waals surface area contributed by atoms with E-state index in [4.69, 9.17) is 4.74 Å². The Bertz CT molecular complexity index is 1830. The third kappa shape index (κ3) is 8.78. The van der Waals surface area contributed by atoms with Crippen molar-refractivity contribution in [3.63, 3.8) is 0 Å². The summed E-state index contributed by atoms with van der Waals surface area (Å²) in [7, 11) is 1.36. The first-order valence-electron chi connectivity index (χ1n) is 15.6. The Hall–Kier alpha value is -4.74. The number of nitrogens with zero attached hydrogens (tertiary/aromatic N) is 1. The number of thiophene rings is 1. The first-order valence-corrected chi connectivity index (χ1v) is 17.4. The first kappa shape index (κ1) is 34.6. The van der Waals surface area contributed by atoms with Crippen LogP contribution in [0.3, 0.4) is 0 Å². The number of anilines is 2. The Morgan fingerprint density at radius 2 is 1.81 bits per heavy atom. The summed E-state index contributed by atoms with van der Waals surface area (Å²) in [4.78, 5) is 58.2. The molecule has 2 aromatic carbocycles. The lowest BCUT2D eigenvalue weighted by atomic mass is 9.72. The van der Waals surface area contributed by atoms with Crippen LogP contribution in [0, 0.1) is 11.3 Å². The number of pyridine rings is 1. The topological polar surface area (TPSA) is 126 Å². The molecule has 11 heteroatoms. The van der Waals surface area contributed by atoms with Crippen molar-refractivity contribution in [3.05, 3.63) is 112 Å². The molecule has 1 aliphatic rings. The second-order valence-electron chi connectivity index (χ2n) is 12.5. The first-order chi connectivity index (χ1) is 23.0. The molecule has 248 valence electrons. The number of rotatable bonds is 10. The zero-order valence-corrected chi connectivity index (χ0v) is 28.9. The number of ether oxygens (including phenoxy) is 1. The lowest BCUT2D eigenvalue weighted by molar-refractivity contribution is -0.114. The van der Waals surface area contributed by atoms with Gasteiger partial charge >= 0.3 is 5.97 Å². The van der Waals surface area contributed by atoms with Gasteiger partial charge < -0.3 is 20.7 Å². The number of fused-ring (bicyclic) bond motifs is 1. The van der Waals surface area contributed by atoms with Crippen LogP contribution in [0.4, 0.5) is 10.7 Å². The van der Waals surface area contributed by atoms with Gasteiger partial charge in [-0.1, -0.05) is 51.1 Å². The fraction of sp³-hybridized carbons (Fsp3) is 0.270. The average Bonchev–Trinajstić information content (AvgIpc) is 3.44. The van der Waals surface area contributed by atoms with E-state index in [0.717, 1.165) is 34.6 Å². The van der Waals surface area contributed by atoms with E-state index in [1.807, 2.05) is 6.07 Å². The van der Waals surface area contributed by atoms with Gasteiger partial charge in [-0.2, -0.15) is 0 Å². The minimum atomic E-state index is -0.520. The maximum Gasteiger partial charge on any atom is 0.341 e. The van der Waals surface area contributed by atoms with Crippen LogP contribution in [0.1, 0.15) is 63.9 Å². The summed E-state index contributed by atoms with van der Waals surface area (Å²) >= 11 is 2.76. The highest BCUT2D eigenvalue weighted by molar-refractivity contribution is 8.00. The average molecular weight is 683 g/mol. The molecule has 48 heavy (non-hydrogen) atoms. The number of methoxy groups -OCH3 is 1. The van der Waals surface area contributed by atoms with Crippen molar-refractivity contribution in [1.82, 2.24) is 10.3 Å². The Morgan fingerprint density at radius 3 is 2.52 bits per heavy atom. The largest absolute Gasteiger partial charge is 0.465 e. The zero-order chi connectivity index (χ0) is 34.3. The van der Waals surface area contributed by atoms with Gasteiger partial charge in [-0.15, -0.1) is 23.1 Å². The number of thioether (sulfide) groups is 1. The van der Waals surface area contributed by atoms with Crippen molar-refractivity contribution >= 4 is 63.6 Å². The second-order valence-corrected chi connectivity index (χ2v) is 14.6. The summed E-state index contributed by atoms with van der Waals surface area (Å²) in [5.74, 6) is -1.06. The summed E-state index contributed by atoms with van der Waals surface area (Å²) in [6.07, 6.45) is 7.39. The number of amides is 3. The predicted octanol–water partition coefficient (Wildman–Crippen LogP) is 7.22. The molecule has 3 N–H and O–H groups in total. The van der Waals surface area contributed by atoms with E-state index in [-0.39, 0.29) is 22.8 Å². The van der Waals surface area contributed by atoms with Gasteiger partial charge in [0.2, 0.25) is 5.91 Å². The molecule has 1 aliphatic carbocycles. The van der Waals surface area contributed by atoms with E-state index in [1.165, 1.54) is 30.2 Å². The minimum absolute atomic E-state index is 0.0446. The van der Waals surface area contributed by atoms with Crippen molar-refractivity contribution in [2.75, 3.05) is 23.5 Å². The summed E-state index contributed by atoms with van der Waals surface area (Å²) in [6.45, 7) is 6.71. The van der Waals surface area contributed by atoms with Crippen molar-refractivity contribution < 1.29 is 23.9 Å². The maximum atomic E-state index is 13.4. The summed E-state index contributed by atoms with van der Waals surface area (Å²) in [5, 5.41) is 9.05. The summed E-state index contributed by atoms with van der Waals surface area (Å²) in [5.41, 5.74) is 3.18. The molecule has 1 unspecified atom stereocenters. The molecular weight excluding hydrogens is 645 g/mol. The van der Waals surface area contributed by atoms with Crippen molar-refractivity contribution in [1.29, 1.82) is 0 Å². The van der Waals surface area contributed by atoms with Crippen LogP contribution in [0.25, 0.3) is 6.08 Å². The Balaban J connectivity index is 1.25. The molecule has 2 heterocycles. The minimum Gasteiger partial charge on any atom is -0.465 e. The van der Waals surface area contributed by atoms with E-state index in [2.05, 4.69) is 41.7 Å². The molecule has 0 saturated carbocycles. The lowest BCUT2D eigenvalue weighted by Gasteiger charge is -2.33. The fourth-order valence-corrected chi connectivity index (χ4v) is 7.56. The number of benzene rings is 2. The van der Waals surface area contributed by atoms with Crippen LogP contribution in [0.2, 0.25) is 0 Å². The van der Waals surface area contributed by atoms with Crippen LogP contribution in [-0.4, -0.2) is 41.5 Å². The molecule has 1 atom stereocenters. The molecule has 0 bridgehead atoms. The van der Waals surface area contributed by atoms with Gasteiger partial charge in [-0.3, -0.25) is 19.4 Å². The molecule has 3 amide bonds. The third-order valence-corrected chi connectivity index (χ3v) is 10.3. The predicted molar refractivity (Wildman–Crippen MR) is 191 cm³/mol.